The predicted octanol–water partition coefficient (Wildman–Crippen LogP) is 1.52. The van der Waals surface area contributed by atoms with Crippen molar-refractivity contribution in [2.24, 2.45) is 5.92 Å². The number of benzene rings is 1. The highest BCUT2D eigenvalue weighted by Crippen LogP contribution is 2.15. The van der Waals surface area contributed by atoms with Gasteiger partial charge in [-0.25, -0.2) is 4.79 Å². The molecule has 0 saturated carbocycles. The van der Waals surface area contributed by atoms with Crippen LogP contribution in [-0.4, -0.2) is 28.7 Å². The lowest BCUT2D eigenvalue weighted by atomic mass is 10.1. The van der Waals surface area contributed by atoms with Crippen LogP contribution in [0.25, 0.3) is 0 Å². The standard InChI is InChI=1S/C11H13NO4/c1-7(10(13)14)6-12-9-5-3-2-4-8(9)11(15)16/h2-5,7,12H,6H2,1H3,(H,13,14)(H,15,16). The highest BCUT2D eigenvalue weighted by molar-refractivity contribution is 5.94. The molecule has 86 valence electrons. The molecule has 0 aromatic heterocycles. The van der Waals surface area contributed by atoms with Crippen molar-refractivity contribution in [1.29, 1.82) is 0 Å². The first-order chi connectivity index (χ1) is 7.52. The maximum atomic E-state index is 10.8. The van der Waals surface area contributed by atoms with Gasteiger partial charge in [-0.05, 0) is 12.1 Å². The monoisotopic (exact) mass is 223 g/mol. The summed E-state index contributed by atoms with van der Waals surface area (Å²) in [5, 5.41) is 20.4. The Balaban J connectivity index is 2.74. The van der Waals surface area contributed by atoms with Gasteiger partial charge in [0, 0.05) is 12.2 Å². The Morgan fingerprint density at radius 1 is 1.31 bits per heavy atom. The number of nitrogens with one attached hydrogen (secondary N) is 1. The highest BCUT2D eigenvalue weighted by Gasteiger charge is 2.13. The van der Waals surface area contributed by atoms with Gasteiger partial charge >= 0.3 is 11.9 Å². The SMILES string of the molecule is CC(CNc1ccccc1C(=O)O)C(=O)O. The van der Waals surface area contributed by atoms with Crippen LogP contribution < -0.4 is 5.32 Å². The summed E-state index contributed by atoms with van der Waals surface area (Å²) >= 11 is 0. The molecule has 1 rings (SSSR count). The summed E-state index contributed by atoms with van der Waals surface area (Å²) in [7, 11) is 0. The Hall–Kier alpha value is -2.04. The highest BCUT2D eigenvalue weighted by atomic mass is 16.4. The molecule has 0 heterocycles. The Kier molecular flexibility index (Phi) is 3.88. The van der Waals surface area contributed by atoms with Gasteiger partial charge in [-0.3, -0.25) is 4.79 Å². The normalized spacial score (nSPS) is 11.8. The van der Waals surface area contributed by atoms with Crippen LogP contribution in [0.4, 0.5) is 5.69 Å². The van der Waals surface area contributed by atoms with E-state index >= 15 is 0 Å². The molecule has 0 aliphatic heterocycles. The van der Waals surface area contributed by atoms with Crippen molar-refractivity contribution < 1.29 is 19.8 Å². The maximum absolute atomic E-state index is 10.8. The molecule has 0 aliphatic carbocycles. The van der Waals surface area contributed by atoms with E-state index in [1.807, 2.05) is 0 Å². The predicted molar refractivity (Wildman–Crippen MR) is 58.7 cm³/mol. The molecule has 0 bridgehead atoms. The van der Waals surface area contributed by atoms with Gasteiger partial charge in [0.05, 0.1) is 11.5 Å². The molecular formula is C11H13NO4. The molecule has 5 heteroatoms. The van der Waals surface area contributed by atoms with Crippen LogP contribution in [-0.2, 0) is 4.79 Å². The zero-order valence-corrected chi connectivity index (χ0v) is 8.80. The Morgan fingerprint density at radius 2 is 1.94 bits per heavy atom. The van der Waals surface area contributed by atoms with Crippen molar-refractivity contribution >= 4 is 17.6 Å². The van der Waals surface area contributed by atoms with E-state index in [4.69, 9.17) is 10.2 Å². The van der Waals surface area contributed by atoms with Crippen molar-refractivity contribution in [3.63, 3.8) is 0 Å². The molecule has 5 nitrogen and oxygen atoms in total. The number of hydrogen-bond acceptors (Lipinski definition) is 3. The van der Waals surface area contributed by atoms with Gasteiger partial charge in [0.15, 0.2) is 0 Å². The Bertz CT molecular complexity index is 403. The third kappa shape index (κ3) is 2.98. The summed E-state index contributed by atoms with van der Waals surface area (Å²) in [5.41, 5.74) is 0.572. The average Bonchev–Trinajstić information content (AvgIpc) is 2.25. The summed E-state index contributed by atoms with van der Waals surface area (Å²) in [4.78, 5) is 21.4. The number of rotatable bonds is 5. The molecule has 0 saturated heterocycles. The van der Waals surface area contributed by atoms with Crippen LogP contribution in [0.2, 0.25) is 0 Å². The summed E-state index contributed by atoms with van der Waals surface area (Å²) in [6, 6.07) is 6.39. The smallest absolute Gasteiger partial charge is 0.337 e. The first kappa shape index (κ1) is 12.0. The zero-order chi connectivity index (χ0) is 12.1. The number of aliphatic carboxylic acids is 1. The lowest BCUT2D eigenvalue weighted by molar-refractivity contribution is -0.140. The topological polar surface area (TPSA) is 86.6 Å². The number of hydrogen-bond donors (Lipinski definition) is 3. The number of aromatic carboxylic acids is 1. The number of para-hydroxylation sites is 1. The van der Waals surface area contributed by atoms with Crippen LogP contribution >= 0.6 is 0 Å². The fourth-order valence-electron chi connectivity index (χ4n) is 1.17. The molecule has 0 amide bonds. The van der Waals surface area contributed by atoms with E-state index in [2.05, 4.69) is 5.32 Å². The van der Waals surface area contributed by atoms with Gasteiger partial charge in [-0.2, -0.15) is 0 Å². The summed E-state index contributed by atoms with van der Waals surface area (Å²) < 4.78 is 0. The van der Waals surface area contributed by atoms with Gasteiger partial charge in [0.1, 0.15) is 0 Å². The van der Waals surface area contributed by atoms with E-state index < -0.39 is 17.9 Å². The second kappa shape index (κ2) is 5.16. The van der Waals surface area contributed by atoms with Gasteiger partial charge in [-0.15, -0.1) is 0 Å². The Labute approximate surface area is 92.7 Å². The quantitative estimate of drug-likeness (QED) is 0.704. The van der Waals surface area contributed by atoms with Gasteiger partial charge < -0.3 is 15.5 Å². The van der Waals surface area contributed by atoms with E-state index in [-0.39, 0.29) is 12.1 Å². The molecule has 1 unspecified atom stereocenters. The minimum Gasteiger partial charge on any atom is -0.481 e. The third-order valence-electron chi connectivity index (χ3n) is 2.18. The largest absolute Gasteiger partial charge is 0.481 e. The first-order valence-electron chi connectivity index (χ1n) is 4.81. The number of carbonyl (C=O) groups is 2. The van der Waals surface area contributed by atoms with Gasteiger partial charge in [0.2, 0.25) is 0 Å². The number of carboxylic acid groups (broad SMARTS) is 2. The molecule has 0 spiro atoms. The lowest BCUT2D eigenvalue weighted by Crippen LogP contribution is -2.20. The molecule has 1 aromatic rings. The van der Waals surface area contributed by atoms with E-state index in [9.17, 15) is 9.59 Å². The van der Waals surface area contributed by atoms with Crippen molar-refractivity contribution in [1.82, 2.24) is 0 Å². The molecule has 1 atom stereocenters. The van der Waals surface area contributed by atoms with Crippen molar-refractivity contribution in [2.45, 2.75) is 6.92 Å². The minimum absolute atomic E-state index is 0.139. The van der Waals surface area contributed by atoms with Crippen LogP contribution in [0.5, 0.6) is 0 Å². The molecule has 0 fully saturated rings. The van der Waals surface area contributed by atoms with E-state index in [0.717, 1.165) is 0 Å². The van der Waals surface area contributed by atoms with Crippen LogP contribution in [0.15, 0.2) is 24.3 Å². The molecule has 0 radical (unpaired) electrons. The maximum Gasteiger partial charge on any atom is 0.337 e. The molecular weight excluding hydrogens is 210 g/mol. The molecule has 0 aliphatic rings. The van der Waals surface area contributed by atoms with Gasteiger partial charge in [0.25, 0.3) is 0 Å². The summed E-state index contributed by atoms with van der Waals surface area (Å²) in [6.45, 7) is 1.75. The second-order valence-corrected chi connectivity index (χ2v) is 3.47. The van der Waals surface area contributed by atoms with E-state index in [1.165, 1.54) is 6.07 Å². The third-order valence-corrected chi connectivity index (χ3v) is 2.18. The minimum atomic E-state index is -1.04. The molecule has 16 heavy (non-hydrogen) atoms. The summed E-state index contributed by atoms with van der Waals surface area (Å²) in [5.74, 6) is -2.52. The molecule has 3 N–H and O–H groups in total. The van der Waals surface area contributed by atoms with E-state index in [0.29, 0.717) is 5.69 Å². The molecule has 1 aromatic carbocycles. The van der Waals surface area contributed by atoms with Crippen LogP contribution in [0.3, 0.4) is 0 Å². The second-order valence-electron chi connectivity index (χ2n) is 3.47. The number of carboxylic acids is 2. The lowest BCUT2D eigenvalue weighted by Gasteiger charge is -2.11. The average molecular weight is 223 g/mol. The van der Waals surface area contributed by atoms with Crippen molar-refractivity contribution in [3.05, 3.63) is 29.8 Å². The fraction of sp³-hybridized carbons (Fsp3) is 0.273. The first-order valence-corrected chi connectivity index (χ1v) is 4.81. The van der Waals surface area contributed by atoms with Crippen LogP contribution in [0.1, 0.15) is 17.3 Å². The van der Waals surface area contributed by atoms with Crippen molar-refractivity contribution in [2.75, 3.05) is 11.9 Å². The van der Waals surface area contributed by atoms with Gasteiger partial charge in [-0.1, -0.05) is 19.1 Å². The summed E-state index contributed by atoms with van der Waals surface area (Å²) in [6.07, 6.45) is 0. The van der Waals surface area contributed by atoms with Crippen LogP contribution in [0, 0.1) is 5.92 Å². The fourth-order valence-corrected chi connectivity index (χ4v) is 1.17. The Morgan fingerprint density at radius 3 is 2.50 bits per heavy atom. The van der Waals surface area contributed by atoms with E-state index in [1.54, 1.807) is 25.1 Å². The van der Waals surface area contributed by atoms with Crippen molar-refractivity contribution in [3.8, 4) is 0 Å². The number of anilines is 1. The zero-order valence-electron chi connectivity index (χ0n) is 8.80.